The van der Waals surface area contributed by atoms with Crippen molar-refractivity contribution >= 4 is 0 Å². The van der Waals surface area contributed by atoms with Gasteiger partial charge in [0.1, 0.15) is 0 Å². The molecule has 0 amide bonds. The van der Waals surface area contributed by atoms with Crippen molar-refractivity contribution in [2.24, 2.45) is 29.6 Å². The minimum absolute atomic E-state index is 0.860. The van der Waals surface area contributed by atoms with Crippen LogP contribution in [0.2, 0.25) is 0 Å². The molecule has 24 heavy (non-hydrogen) atoms. The summed E-state index contributed by atoms with van der Waals surface area (Å²) in [4.78, 5) is 0. The summed E-state index contributed by atoms with van der Waals surface area (Å²) in [5.74, 6) is 4.69. The third-order valence-electron chi connectivity index (χ3n) is 6.05. The average Bonchev–Trinajstić information content (AvgIpc) is 2.52. The Balaban J connectivity index is 4.14. The second-order valence-corrected chi connectivity index (χ2v) is 9.29. The molecule has 0 saturated heterocycles. The molecule has 0 N–H and O–H groups in total. The maximum absolute atomic E-state index is 2.47. The molecule has 0 aliphatic heterocycles. The molecule has 0 fully saturated rings. The summed E-state index contributed by atoms with van der Waals surface area (Å²) in [5.41, 5.74) is 0. The molecular weight excluding hydrogens is 288 g/mol. The molecule has 0 aromatic rings. The van der Waals surface area contributed by atoms with Crippen LogP contribution in [0.5, 0.6) is 0 Å². The summed E-state index contributed by atoms with van der Waals surface area (Å²) in [7, 11) is 0. The van der Waals surface area contributed by atoms with E-state index in [-0.39, 0.29) is 0 Å². The summed E-state index contributed by atoms with van der Waals surface area (Å²) in [5, 5.41) is 0. The number of rotatable bonds is 16. The Labute approximate surface area is 155 Å². The monoisotopic (exact) mass is 338 g/mol. The van der Waals surface area contributed by atoms with Crippen molar-refractivity contribution < 1.29 is 0 Å². The topological polar surface area (TPSA) is 0 Å². The van der Waals surface area contributed by atoms with E-state index in [0.29, 0.717) is 0 Å². The summed E-state index contributed by atoms with van der Waals surface area (Å²) in [6, 6.07) is 0. The third-order valence-corrected chi connectivity index (χ3v) is 6.05. The highest BCUT2D eigenvalue weighted by atomic mass is 14.2. The van der Waals surface area contributed by atoms with Gasteiger partial charge in [0.2, 0.25) is 0 Å². The average molecular weight is 339 g/mol. The smallest absolute Gasteiger partial charge is 0.0414 e. The molecule has 0 bridgehead atoms. The maximum Gasteiger partial charge on any atom is -0.0414 e. The quantitative estimate of drug-likeness (QED) is 0.263. The van der Waals surface area contributed by atoms with E-state index in [4.69, 9.17) is 0 Å². The number of hydrogen-bond acceptors (Lipinski definition) is 0. The second kappa shape index (κ2) is 15.3. The van der Waals surface area contributed by atoms with E-state index in [0.717, 1.165) is 29.6 Å². The zero-order valence-electron chi connectivity index (χ0n) is 18.4. The lowest BCUT2D eigenvalue weighted by Crippen LogP contribution is -2.09. The lowest BCUT2D eigenvalue weighted by Gasteiger charge is -2.23. The first-order chi connectivity index (χ1) is 11.4. The van der Waals surface area contributed by atoms with Gasteiger partial charge in [-0.1, -0.05) is 119 Å². The highest BCUT2D eigenvalue weighted by Gasteiger charge is 2.15. The van der Waals surface area contributed by atoms with Crippen LogP contribution in [0.25, 0.3) is 0 Å². The van der Waals surface area contributed by atoms with E-state index < -0.39 is 0 Å². The SMILES string of the molecule is CCCC(C)CCC(CC)CCC(CCC)CCC(C)CC(C)C. The van der Waals surface area contributed by atoms with Gasteiger partial charge in [-0.2, -0.15) is 0 Å². The molecule has 4 atom stereocenters. The first-order valence-corrected chi connectivity index (χ1v) is 11.4. The van der Waals surface area contributed by atoms with E-state index in [1.165, 1.54) is 77.0 Å². The normalized spacial score (nSPS) is 17.0. The van der Waals surface area contributed by atoms with Crippen LogP contribution < -0.4 is 0 Å². The standard InChI is InChI=1S/C24H50/c1-8-11-21(6)13-15-23(10-3)17-18-24(12-9-2)16-14-22(7)19-20(4)5/h20-24H,8-19H2,1-7H3. The van der Waals surface area contributed by atoms with E-state index in [1.54, 1.807) is 0 Å². The Bertz CT molecular complexity index is 255. The lowest BCUT2D eigenvalue weighted by molar-refractivity contribution is 0.296. The van der Waals surface area contributed by atoms with Crippen molar-refractivity contribution in [3.8, 4) is 0 Å². The Morgan fingerprint density at radius 2 is 1.00 bits per heavy atom. The van der Waals surface area contributed by atoms with E-state index in [1.807, 2.05) is 0 Å². The molecule has 0 nitrogen and oxygen atoms in total. The van der Waals surface area contributed by atoms with Crippen LogP contribution in [-0.2, 0) is 0 Å². The van der Waals surface area contributed by atoms with Gasteiger partial charge in [-0.25, -0.2) is 0 Å². The summed E-state index contributed by atoms with van der Waals surface area (Å²) >= 11 is 0. The molecule has 0 aromatic heterocycles. The summed E-state index contributed by atoms with van der Waals surface area (Å²) < 4.78 is 0. The van der Waals surface area contributed by atoms with Gasteiger partial charge >= 0.3 is 0 Å². The third kappa shape index (κ3) is 13.3. The van der Waals surface area contributed by atoms with Crippen molar-refractivity contribution in [3.05, 3.63) is 0 Å². The Morgan fingerprint density at radius 3 is 1.54 bits per heavy atom. The molecule has 0 aromatic carbocycles. The van der Waals surface area contributed by atoms with Gasteiger partial charge in [-0.15, -0.1) is 0 Å². The second-order valence-electron chi connectivity index (χ2n) is 9.29. The van der Waals surface area contributed by atoms with Gasteiger partial charge < -0.3 is 0 Å². The molecule has 0 aliphatic rings. The molecule has 0 saturated carbocycles. The molecule has 4 unspecified atom stereocenters. The summed E-state index contributed by atoms with van der Waals surface area (Å²) in [6.45, 7) is 16.8. The molecule has 0 aliphatic carbocycles. The van der Waals surface area contributed by atoms with E-state index in [2.05, 4.69) is 48.5 Å². The molecule has 146 valence electrons. The first-order valence-electron chi connectivity index (χ1n) is 11.4. The Hall–Kier alpha value is 0. The molecular formula is C24H50. The molecule has 0 heteroatoms. The fourth-order valence-corrected chi connectivity index (χ4v) is 4.47. The van der Waals surface area contributed by atoms with Crippen molar-refractivity contribution in [3.63, 3.8) is 0 Å². The van der Waals surface area contributed by atoms with E-state index in [9.17, 15) is 0 Å². The maximum atomic E-state index is 2.47. The van der Waals surface area contributed by atoms with Crippen LogP contribution in [0.15, 0.2) is 0 Å². The van der Waals surface area contributed by atoms with Crippen LogP contribution >= 0.6 is 0 Å². The summed E-state index contributed by atoms with van der Waals surface area (Å²) in [6.07, 6.45) is 17.2. The Kier molecular flexibility index (Phi) is 15.3. The molecule has 0 heterocycles. The highest BCUT2D eigenvalue weighted by molar-refractivity contribution is 4.67. The van der Waals surface area contributed by atoms with Crippen LogP contribution in [0.3, 0.4) is 0 Å². The fourth-order valence-electron chi connectivity index (χ4n) is 4.47. The zero-order chi connectivity index (χ0) is 18.4. The molecule has 0 rings (SSSR count). The van der Waals surface area contributed by atoms with Crippen molar-refractivity contribution in [1.82, 2.24) is 0 Å². The van der Waals surface area contributed by atoms with Crippen LogP contribution in [0, 0.1) is 29.6 Å². The molecule has 0 spiro atoms. The highest BCUT2D eigenvalue weighted by Crippen LogP contribution is 2.29. The van der Waals surface area contributed by atoms with Gasteiger partial charge in [0.15, 0.2) is 0 Å². The van der Waals surface area contributed by atoms with Crippen molar-refractivity contribution in [1.29, 1.82) is 0 Å². The Morgan fingerprint density at radius 1 is 0.500 bits per heavy atom. The van der Waals surface area contributed by atoms with Gasteiger partial charge in [-0.05, 0) is 36.0 Å². The predicted molar refractivity (Wildman–Crippen MR) is 113 cm³/mol. The first kappa shape index (κ1) is 24.0. The van der Waals surface area contributed by atoms with Crippen molar-refractivity contribution in [2.45, 2.75) is 126 Å². The molecule has 0 radical (unpaired) electrons. The lowest BCUT2D eigenvalue weighted by atomic mass is 9.83. The van der Waals surface area contributed by atoms with Crippen LogP contribution in [0.1, 0.15) is 126 Å². The predicted octanol–water partition coefficient (Wildman–Crippen LogP) is 8.89. The number of hydrogen-bond donors (Lipinski definition) is 0. The fraction of sp³-hybridized carbons (Fsp3) is 1.00. The van der Waals surface area contributed by atoms with Gasteiger partial charge in [-0.3, -0.25) is 0 Å². The minimum Gasteiger partial charge on any atom is -0.0654 e. The van der Waals surface area contributed by atoms with Crippen LogP contribution in [0.4, 0.5) is 0 Å². The van der Waals surface area contributed by atoms with Gasteiger partial charge in [0.05, 0.1) is 0 Å². The van der Waals surface area contributed by atoms with E-state index >= 15 is 0 Å². The van der Waals surface area contributed by atoms with Crippen LogP contribution in [-0.4, -0.2) is 0 Å². The largest absolute Gasteiger partial charge is 0.0654 e. The zero-order valence-corrected chi connectivity index (χ0v) is 18.4. The van der Waals surface area contributed by atoms with Crippen molar-refractivity contribution in [2.75, 3.05) is 0 Å². The van der Waals surface area contributed by atoms with Gasteiger partial charge in [0, 0.05) is 0 Å². The minimum atomic E-state index is 0.860. The van der Waals surface area contributed by atoms with Gasteiger partial charge in [0.25, 0.3) is 0 Å².